The molecule has 5 nitrogen and oxygen atoms in total. The molecule has 0 aromatic heterocycles. The molecule has 0 aliphatic heterocycles. The van der Waals surface area contributed by atoms with E-state index >= 15 is 0 Å². The van der Waals surface area contributed by atoms with Crippen molar-refractivity contribution in [2.75, 3.05) is 13.3 Å². The van der Waals surface area contributed by atoms with Crippen LogP contribution < -0.4 is 4.74 Å². The van der Waals surface area contributed by atoms with E-state index in [4.69, 9.17) is 9.47 Å². The van der Waals surface area contributed by atoms with Crippen LogP contribution in [-0.4, -0.2) is 24.3 Å². The van der Waals surface area contributed by atoms with Crippen LogP contribution in [0.15, 0.2) is 78.9 Å². The van der Waals surface area contributed by atoms with Gasteiger partial charge in [0.05, 0.1) is 18.1 Å². The number of ether oxygens (including phenoxy) is 2. The number of nitrogens with zero attached hydrogens (tertiary/aromatic N) is 1. The third-order valence-electron chi connectivity index (χ3n) is 4.34. The Bertz CT molecular complexity index is 957. The summed E-state index contributed by atoms with van der Waals surface area (Å²) in [5.41, 5.74) is 2.87. The summed E-state index contributed by atoms with van der Waals surface area (Å²) in [6.45, 7) is -0.0726. The quantitative estimate of drug-likeness (QED) is 0.246. The zero-order valence-corrected chi connectivity index (χ0v) is 16.3. The maximum atomic E-state index is 13.3. The number of hydrogen-bond donors (Lipinski definition) is 0. The SMILES string of the molecule is O=[N+]([O-])c1ccc(/C=C/c2ccc(OC(CF)COCc3ccccc3)cc2)cc1. The highest BCUT2D eigenvalue weighted by molar-refractivity contribution is 5.70. The molecule has 0 aliphatic carbocycles. The smallest absolute Gasteiger partial charge is 0.269 e. The molecule has 0 N–H and O–H groups in total. The first-order valence-electron chi connectivity index (χ1n) is 9.51. The highest BCUT2D eigenvalue weighted by Gasteiger charge is 2.11. The first-order valence-corrected chi connectivity index (χ1v) is 9.51. The summed E-state index contributed by atoms with van der Waals surface area (Å²) in [5, 5.41) is 10.7. The fourth-order valence-electron chi connectivity index (χ4n) is 2.74. The summed E-state index contributed by atoms with van der Waals surface area (Å²) in [5.74, 6) is 0.563. The van der Waals surface area contributed by atoms with Crippen molar-refractivity contribution >= 4 is 17.8 Å². The van der Waals surface area contributed by atoms with Gasteiger partial charge in [0, 0.05) is 12.1 Å². The van der Waals surface area contributed by atoms with Crippen molar-refractivity contribution in [1.29, 1.82) is 0 Å². The van der Waals surface area contributed by atoms with Crippen molar-refractivity contribution in [3.8, 4) is 5.75 Å². The van der Waals surface area contributed by atoms with E-state index in [0.717, 1.165) is 16.7 Å². The molecular weight excluding hydrogens is 385 g/mol. The molecule has 3 aromatic rings. The molecule has 0 bridgehead atoms. The van der Waals surface area contributed by atoms with Gasteiger partial charge in [0.1, 0.15) is 12.4 Å². The monoisotopic (exact) mass is 407 g/mol. The third kappa shape index (κ3) is 6.53. The normalized spacial score (nSPS) is 12.0. The van der Waals surface area contributed by atoms with Gasteiger partial charge in [0.15, 0.2) is 6.10 Å². The maximum Gasteiger partial charge on any atom is 0.269 e. The molecule has 0 amide bonds. The summed E-state index contributed by atoms with van der Waals surface area (Å²) >= 11 is 0. The van der Waals surface area contributed by atoms with Crippen molar-refractivity contribution in [1.82, 2.24) is 0 Å². The molecule has 0 spiro atoms. The molecule has 154 valence electrons. The lowest BCUT2D eigenvalue weighted by Crippen LogP contribution is -2.25. The Morgan fingerprint density at radius 1 is 0.900 bits per heavy atom. The maximum absolute atomic E-state index is 13.3. The van der Waals surface area contributed by atoms with Gasteiger partial charge in [-0.05, 0) is 41.0 Å². The van der Waals surface area contributed by atoms with Crippen LogP contribution in [0.3, 0.4) is 0 Å². The molecule has 0 aliphatic rings. The highest BCUT2D eigenvalue weighted by Crippen LogP contribution is 2.18. The Morgan fingerprint density at radius 3 is 2.07 bits per heavy atom. The second-order valence-corrected chi connectivity index (χ2v) is 6.65. The molecule has 0 fully saturated rings. The standard InChI is InChI=1S/C24H22FNO4/c25-16-24(18-29-17-21-4-2-1-3-5-21)30-23-14-10-20(11-15-23)7-6-19-8-12-22(13-9-19)26(27)28/h1-15,24H,16-18H2/b7-6+. The van der Waals surface area contributed by atoms with Gasteiger partial charge in [0.25, 0.3) is 5.69 Å². The predicted octanol–water partition coefficient (Wildman–Crippen LogP) is 5.70. The van der Waals surface area contributed by atoms with Crippen LogP contribution in [0.2, 0.25) is 0 Å². The Kier molecular flexibility index (Phi) is 7.69. The topological polar surface area (TPSA) is 61.6 Å². The average Bonchev–Trinajstić information content (AvgIpc) is 2.79. The van der Waals surface area contributed by atoms with E-state index < -0.39 is 17.7 Å². The summed E-state index contributed by atoms with van der Waals surface area (Å²) in [7, 11) is 0. The third-order valence-corrected chi connectivity index (χ3v) is 4.34. The molecule has 6 heteroatoms. The number of halogens is 1. The largest absolute Gasteiger partial charge is 0.485 e. The summed E-state index contributed by atoms with van der Waals surface area (Å²) < 4.78 is 24.5. The first-order chi connectivity index (χ1) is 14.6. The molecule has 0 radical (unpaired) electrons. The van der Waals surface area contributed by atoms with Crippen LogP contribution in [-0.2, 0) is 11.3 Å². The Hall–Kier alpha value is -3.51. The second kappa shape index (κ2) is 10.9. The zero-order chi connectivity index (χ0) is 21.2. The van der Waals surface area contributed by atoms with E-state index in [1.807, 2.05) is 54.6 Å². The van der Waals surface area contributed by atoms with Gasteiger partial charge in [-0.25, -0.2) is 4.39 Å². The van der Waals surface area contributed by atoms with Crippen LogP contribution in [0.5, 0.6) is 5.75 Å². The minimum atomic E-state index is -0.671. The van der Waals surface area contributed by atoms with Crippen molar-refractivity contribution < 1.29 is 18.8 Å². The van der Waals surface area contributed by atoms with Gasteiger partial charge in [0.2, 0.25) is 0 Å². The molecule has 1 unspecified atom stereocenters. The minimum absolute atomic E-state index is 0.0591. The van der Waals surface area contributed by atoms with Crippen molar-refractivity contribution in [2.24, 2.45) is 0 Å². The molecule has 3 rings (SSSR count). The van der Waals surface area contributed by atoms with E-state index in [9.17, 15) is 14.5 Å². The number of non-ortho nitro benzene ring substituents is 1. The second-order valence-electron chi connectivity index (χ2n) is 6.65. The highest BCUT2D eigenvalue weighted by atomic mass is 19.1. The molecule has 0 saturated heterocycles. The van der Waals surface area contributed by atoms with E-state index in [-0.39, 0.29) is 12.3 Å². The molecule has 0 saturated carbocycles. The van der Waals surface area contributed by atoms with Gasteiger partial charge < -0.3 is 9.47 Å². The van der Waals surface area contributed by atoms with Crippen LogP contribution in [0.1, 0.15) is 16.7 Å². The van der Waals surface area contributed by atoms with Gasteiger partial charge in [-0.3, -0.25) is 10.1 Å². The number of rotatable bonds is 10. The minimum Gasteiger partial charge on any atom is -0.485 e. The molecular formula is C24H22FNO4. The Morgan fingerprint density at radius 2 is 1.50 bits per heavy atom. The van der Waals surface area contributed by atoms with Crippen molar-refractivity contribution in [2.45, 2.75) is 12.7 Å². The fraction of sp³-hybridized carbons (Fsp3) is 0.167. The molecule has 30 heavy (non-hydrogen) atoms. The zero-order valence-electron chi connectivity index (χ0n) is 16.3. The van der Waals surface area contributed by atoms with Gasteiger partial charge in [-0.1, -0.05) is 54.6 Å². The van der Waals surface area contributed by atoms with Crippen molar-refractivity contribution in [3.05, 3.63) is 106 Å². The van der Waals surface area contributed by atoms with Crippen LogP contribution in [0, 0.1) is 10.1 Å². The number of alkyl halides is 1. The summed E-state index contributed by atoms with van der Waals surface area (Å²) in [6, 6.07) is 23.3. The average molecular weight is 407 g/mol. The van der Waals surface area contributed by atoms with Gasteiger partial charge in [-0.2, -0.15) is 0 Å². The first kappa shape index (κ1) is 21.2. The number of hydrogen-bond acceptors (Lipinski definition) is 4. The van der Waals surface area contributed by atoms with E-state index in [0.29, 0.717) is 12.4 Å². The van der Waals surface area contributed by atoms with E-state index in [1.54, 1.807) is 24.3 Å². The fourth-order valence-corrected chi connectivity index (χ4v) is 2.74. The van der Waals surface area contributed by atoms with Crippen LogP contribution in [0.4, 0.5) is 10.1 Å². The van der Waals surface area contributed by atoms with Gasteiger partial charge in [-0.15, -0.1) is 0 Å². The number of benzene rings is 3. The van der Waals surface area contributed by atoms with Crippen LogP contribution in [0.25, 0.3) is 12.2 Å². The Labute approximate surface area is 174 Å². The van der Waals surface area contributed by atoms with E-state index in [2.05, 4.69) is 0 Å². The molecule has 3 aromatic carbocycles. The Balaban J connectivity index is 1.50. The lowest BCUT2D eigenvalue weighted by molar-refractivity contribution is -0.384. The predicted molar refractivity (Wildman–Crippen MR) is 115 cm³/mol. The van der Waals surface area contributed by atoms with Crippen LogP contribution >= 0.6 is 0 Å². The number of nitro groups is 1. The van der Waals surface area contributed by atoms with E-state index in [1.165, 1.54) is 12.1 Å². The number of nitro benzene ring substituents is 1. The lowest BCUT2D eigenvalue weighted by atomic mass is 10.1. The summed E-state index contributed by atoms with van der Waals surface area (Å²) in [4.78, 5) is 10.3. The molecule has 0 heterocycles. The van der Waals surface area contributed by atoms with Crippen molar-refractivity contribution in [3.63, 3.8) is 0 Å². The lowest BCUT2D eigenvalue weighted by Gasteiger charge is -2.16. The molecule has 1 atom stereocenters. The summed E-state index contributed by atoms with van der Waals surface area (Å²) in [6.07, 6.45) is 3.08. The van der Waals surface area contributed by atoms with Gasteiger partial charge >= 0.3 is 0 Å².